The van der Waals surface area contributed by atoms with Crippen LogP contribution in [0.2, 0.25) is 0 Å². The smallest absolute Gasteiger partial charge is 0.185 e. The molecule has 0 fully saturated rings. The number of ether oxygens (including phenoxy) is 2. The number of hydrogen-bond donors (Lipinski definition) is 0. The number of carbonyl (C=O) groups excluding carboxylic acids is 1. The minimum atomic E-state index is -0.0556. The minimum Gasteiger partial charge on any atom is -0.486 e. The molecule has 24 heavy (non-hydrogen) atoms. The highest BCUT2D eigenvalue weighted by Crippen LogP contribution is 2.31. The summed E-state index contributed by atoms with van der Waals surface area (Å²) in [5, 5.41) is 2.29. The van der Waals surface area contributed by atoms with Gasteiger partial charge in [-0.05, 0) is 40.6 Å². The van der Waals surface area contributed by atoms with Crippen LogP contribution in [-0.4, -0.2) is 19.0 Å². The second kappa shape index (κ2) is 6.20. The number of rotatable bonds is 3. The summed E-state index contributed by atoms with van der Waals surface area (Å²) in [5.41, 5.74) is 1.62. The van der Waals surface area contributed by atoms with Gasteiger partial charge in [0.15, 0.2) is 17.3 Å². The minimum absolute atomic E-state index is 0.0556. The van der Waals surface area contributed by atoms with Gasteiger partial charge in [0.1, 0.15) is 13.2 Å². The van der Waals surface area contributed by atoms with Crippen molar-refractivity contribution in [1.82, 2.24) is 0 Å². The van der Waals surface area contributed by atoms with Crippen molar-refractivity contribution in [3.05, 3.63) is 77.9 Å². The molecular weight excluding hydrogens is 300 g/mol. The van der Waals surface area contributed by atoms with Crippen molar-refractivity contribution in [1.29, 1.82) is 0 Å². The first-order valence-electron chi connectivity index (χ1n) is 7.91. The Morgan fingerprint density at radius 2 is 1.67 bits per heavy atom. The fraction of sp³-hybridized carbons (Fsp3) is 0.0952. The molecule has 0 aliphatic carbocycles. The van der Waals surface area contributed by atoms with E-state index in [2.05, 4.69) is 18.2 Å². The Labute approximate surface area is 140 Å². The lowest BCUT2D eigenvalue weighted by Crippen LogP contribution is -2.15. The van der Waals surface area contributed by atoms with Gasteiger partial charge in [-0.15, -0.1) is 0 Å². The SMILES string of the molecule is O=C(/C=C/c1cccc2ccccc12)c1ccc2c(c1)OCCO2. The van der Waals surface area contributed by atoms with E-state index >= 15 is 0 Å². The van der Waals surface area contributed by atoms with Gasteiger partial charge in [-0.1, -0.05) is 48.5 Å². The summed E-state index contributed by atoms with van der Waals surface area (Å²) in [5.74, 6) is 1.27. The van der Waals surface area contributed by atoms with Crippen LogP contribution in [0.5, 0.6) is 11.5 Å². The van der Waals surface area contributed by atoms with Crippen LogP contribution in [0.4, 0.5) is 0 Å². The molecule has 4 rings (SSSR count). The highest BCUT2D eigenvalue weighted by atomic mass is 16.6. The van der Waals surface area contributed by atoms with E-state index in [1.165, 1.54) is 0 Å². The van der Waals surface area contributed by atoms with E-state index in [-0.39, 0.29) is 5.78 Å². The van der Waals surface area contributed by atoms with E-state index < -0.39 is 0 Å². The van der Waals surface area contributed by atoms with Gasteiger partial charge in [0.2, 0.25) is 0 Å². The van der Waals surface area contributed by atoms with Crippen LogP contribution in [0.3, 0.4) is 0 Å². The Balaban J connectivity index is 1.62. The van der Waals surface area contributed by atoms with Gasteiger partial charge in [0, 0.05) is 5.56 Å². The average Bonchev–Trinajstić information content (AvgIpc) is 2.65. The quantitative estimate of drug-likeness (QED) is 0.527. The summed E-state index contributed by atoms with van der Waals surface area (Å²) >= 11 is 0. The van der Waals surface area contributed by atoms with Crippen LogP contribution in [0.1, 0.15) is 15.9 Å². The first kappa shape index (κ1) is 14.5. The fourth-order valence-corrected chi connectivity index (χ4v) is 2.85. The number of benzene rings is 3. The standard InChI is InChI=1S/C21H16O3/c22-19(17-9-11-20-21(14-17)24-13-12-23-20)10-8-16-6-3-5-15-4-1-2-7-18(15)16/h1-11,14H,12-13H2/b10-8+. The summed E-state index contributed by atoms with van der Waals surface area (Å²) in [6.07, 6.45) is 3.47. The Hall–Kier alpha value is -3.07. The largest absolute Gasteiger partial charge is 0.486 e. The van der Waals surface area contributed by atoms with Gasteiger partial charge in [0.25, 0.3) is 0 Å². The Bertz CT molecular complexity index is 935. The fourth-order valence-electron chi connectivity index (χ4n) is 2.85. The van der Waals surface area contributed by atoms with Crippen LogP contribution < -0.4 is 9.47 Å². The number of allylic oxidation sites excluding steroid dienone is 1. The third-order valence-corrected chi connectivity index (χ3v) is 4.06. The molecule has 0 atom stereocenters. The summed E-state index contributed by atoms with van der Waals surface area (Å²) in [7, 11) is 0. The molecule has 0 saturated carbocycles. The van der Waals surface area contributed by atoms with E-state index in [1.54, 1.807) is 24.3 Å². The van der Waals surface area contributed by atoms with Gasteiger partial charge in [0.05, 0.1) is 0 Å². The van der Waals surface area contributed by atoms with E-state index in [0.717, 1.165) is 16.3 Å². The highest BCUT2D eigenvalue weighted by molar-refractivity contribution is 6.08. The van der Waals surface area contributed by atoms with Gasteiger partial charge in [-0.25, -0.2) is 0 Å². The monoisotopic (exact) mass is 316 g/mol. The van der Waals surface area contributed by atoms with Crippen LogP contribution in [0.15, 0.2) is 66.7 Å². The zero-order chi connectivity index (χ0) is 16.4. The molecule has 0 amide bonds. The molecule has 0 aromatic heterocycles. The lowest BCUT2D eigenvalue weighted by molar-refractivity contribution is 0.104. The second-order valence-corrected chi connectivity index (χ2v) is 5.62. The van der Waals surface area contributed by atoms with E-state index in [1.807, 2.05) is 30.3 Å². The Morgan fingerprint density at radius 3 is 2.58 bits per heavy atom. The van der Waals surface area contributed by atoms with E-state index in [4.69, 9.17) is 9.47 Å². The van der Waals surface area contributed by atoms with Gasteiger partial charge >= 0.3 is 0 Å². The lowest BCUT2D eigenvalue weighted by atomic mass is 10.0. The first-order chi connectivity index (χ1) is 11.8. The molecule has 3 nitrogen and oxygen atoms in total. The molecule has 3 aromatic rings. The summed E-state index contributed by atoms with van der Waals surface area (Å²) in [4.78, 5) is 12.5. The Kier molecular flexibility index (Phi) is 3.75. The van der Waals surface area contributed by atoms with Crippen molar-refractivity contribution in [2.24, 2.45) is 0 Å². The highest BCUT2D eigenvalue weighted by Gasteiger charge is 2.13. The average molecular weight is 316 g/mol. The second-order valence-electron chi connectivity index (χ2n) is 5.62. The predicted octanol–water partition coefficient (Wildman–Crippen LogP) is 4.51. The topological polar surface area (TPSA) is 35.5 Å². The molecule has 0 radical (unpaired) electrons. The van der Waals surface area contributed by atoms with Crippen molar-refractivity contribution >= 4 is 22.6 Å². The zero-order valence-electron chi connectivity index (χ0n) is 13.1. The van der Waals surface area contributed by atoms with Gasteiger partial charge in [-0.2, -0.15) is 0 Å². The van der Waals surface area contributed by atoms with Crippen LogP contribution in [-0.2, 0) is 0 Å². The molecule has 0 unspecified atom stereocenters. The van der Waals surface area contributed by atoms with Crippen molar-refractivity contribution in [3.8, 4) is 11.5 Å². The molecule has 0 spiro atoms. The maximum atomic E-state index is 12.5. The maximum absolute atomic E-state index is 12.5. The molecule has 0 saturated heterocycles. The molecule has 1 aliphatic rings. The van der Waals surface area contributed by atoms with Crippen LogP contribution in [0, 0.1) is 0 Å². The van der Waals surface area contributed by atoms with Gasteiger partial charge < -0.3 is 9.47 Å². The van der Waals surface area contributed by atoms with Crippen molar-refractivity contribution in [2.75, 3.05) is 13.2 Å². The Morgan fingerprint density at radius 1 is 0.875 bits per heavy atom. The first-order valence-corrected chi connectivity index (χ1v) is 7.91. The molecule has 3 aromatic carbocycles. The normalized spacial score (nSPS) is 13.3. The van der Waals surface area contributed by atoms with E-state index in [9.17, 15) is 4.79 Å². The third-order valence-electron chi connectivity index (χ3n) is 4.06. The summed E-state index contributed by atoms with van der Waals surface area (Å²) in [6, 6.07) is 19.5. The number of fused-ring (bicyclic) bond motifs is 2. The summed E-state index contributed by atoms with van der Waals surface area (Å²) in [6.45, 7) is 1.05. The molecule has 0 bridgehead atoms. The van der Waals surface area contributed by atoms with Crippen molar-refractivity contribution < 1.29 is 14.3 Å². The van der Waals surface area contributed by atoms with Crippen molar-refractivity contribution in [2.45, 2.75) is 0 Å². The molecule has 1 aliphatic heterocycles. The predicted molar refractivity (Wildman–Crippen MR) is 94.7 cm³/mol. The molecule has 1 heterocycles. The van der Waals surface area contributed by atoms with Crippen LogP contribution in [0.25, 0.3) is 16.8 Å². The molecule has 0 N–H and O–H groups in total. The van der Waals surface area contributed by atoms with E-state index in [0.29, 0.717) is 30.3 Å². The summed E-state index contributed by atoms with van der Waals surface area (Å²) < 4.78 is 11.0. The number of carbonyl (C=O) groups is 1. The van der Waals surface area contributed by atoms with Gasteiger partial charge in [-0.3, -0.25) is 4.79 Å². The molecular formula is C21H16O3. The van der Waals surface area contributed by atoms with Crippen molar-refractivity contribution in [3.63, 3.8) is 0 Å². The van der Waals surface area contributed by atoms with Crippen LogP contribution >= 0.6 is 0 Å². The molecule has 3 heteroatoms. The zero-order valence-corrected chi connectivity index (χ0v) is 13.1. The maximum Gasteiger partial charge on any atom is 0.185 e. The number of ketones is 1. The lowest BCUT2D eigenvalue weighted by Gasteiger charge is -2.18. The molecule has 118 valence electrons. The third kappa shape index (κ3) is 2.76. The number of hydrogen-bond acceptors (Lipinski definition) is 3.